The summed E-state index contributed by atoms with van der Waals surface area (Å²) in [4.78, 5) is 3.91. The Balaban J connectivity index is 1.89. The topological polar surface area (TPSA) is 94.3 Å². The summed E-state index contributed by atoms with van der Waals surface area (Å²) in [6.07, 6.45) is 0. The van der Waals surface area contributed by atoms with Crippen LogP contribution >= 0.6 is 11.3 Å². The predicted octanol–water partition coefficient (Wildman–Crippen LogP) is 1.70. The number of ether oxygens (including phenoxy) is 1. The van der Waals surface area contributed by atoms with Crippen LogP contribution in [0.4, 0.5) is 5.13 Å². The molecule has 1 heterocycles. The van der Waals surface area contributed by atoms with Crippen LogP contribution < -0.4 is 15.2 Å². The fourth-order valence-corrected chi connectivity index (χ4v) is 4.12. The van der Waals surface area contributed by atoms with Gasteiger partial charge in [-0.25, -0.2) is 18.1 Å². The lowest BCUT2D eigenvalue weighted by atomic mass is 10.2. The Hall–Kier alpha value is -1.64. The first kappa shape index (κ1) is 15.7. The zero-order valence-electron chi connectivity index (χ0n) is 11.8. The third-order valence-corrected chi connectivity index (χ3v) is 5.72. The van der Waals surface area contributed by atoms with Gasteiger partial charge in [0.1, 0.15) is 12.4 Å². The van der Waals surface area contributed by atoms with Gasteiger partial charge in [0.2, 0.25) is 0 Å². The molecular formula is C13H17N3O3S2. The van der Waals surface area contributed by atoms with Crippen LogP contribution in [0, 0.1) is 13.8 Å². The van der Waals surface area contributed by atoms with E-state index in [1.807, 2.05) is 31.2 Å². The first-order valence-electron chi connectivity index (χ1n) is 6.30. The second kappa shape index (κ2) is 6.42. The van der Waals surface area contributed by atoms with Crippen LogP contribution in [-0.2, 0) is 10.0 Å². The minimum atomic E-state index is -3.59. The Morgan fingerprint density at radius 3 is 2.76 bits per heavy atom. The van der Waals surface area contributed by atoms with Gasteiger partial charge in [0.15, 0.2) is 9.34 Å². The molecule has 8 heteroatoms. The molecule has 0 fully saturated rings. The van der Waals surface area contributed by atoms with Gasteiger partial charge in [0, 0.05) is 6.54 Å². The number of benzene rings is 1. The quantitative estimate of drug-likeness (QED) is 0.788. The molecule has 2 rings (SSSR count). The number of aromatic nitrogens is 1. The van der Waals surface area contributed by atoms with Gasteiger partial charge in [-0.15, -0.1) is 0 Å². The smallest absolute Gasteiger partial charge is 0.252 e. The van der Waals surface area contributed by atoms with Crippen LogP contribution in [0.5, 0.6) is 5.75 Å². The Labute approximate surface area is 128 Å². The van der Waals surface area contributed by atoms with Crippen LogP contribution in [0.25, 0.3) is 0 Å². The average Bonchev–Trinajstić information content (AvgIpc) is 2.75. The second-order valence-electron chi connectivity index (χ2n) is 4.49. The first-order chi connectivity index (χ1) is 9.88. The number of nitrogens with one attached hydrogen (secondary N) is 1. The van der Waals surface area contributed by atoms with E-state index in [2.05, 4.69) is 9.71 Å². The van der Waals surface area contributed by atoms with E-state index >= 15 is 0 Å². The van der Waals surface area contributed by atoms with Gasteiger partial charge >= 0.3 is 0 Å². The van der Waals surface area contributed by atoms with Crippen LogP contribution in [0.2, 0.25) is 0 Å². The van der Waals surface area contributed by atoms with E-state index in [4.69, 9.17) is 10.5 Å². The van der Waals surface area contributed by atoms with Crippen molar-refractivity contribution in [1.82, 2.24) is 9.71 Å². The Morgan fingerprint density at radius 2 is 2.14 bits per heavy atom. The first-order valence-corrected chi connectivity index (χ1v) is 8.60. The van der Waals surface area contributed by atoms with Crippen molar-refractivity contribution in [3.05, 3.63) is 35.5 Å². The van der Waals surface area contributed by atoms with Crippen LogP contribution in [0.3, 0.4) is 0 Å². The van der Waals surface area contributed by atoms with E-state index in [9.17, 15) is 8.42 Å². The average molecular weight is 327 g/mol. The van der Waals surface area contributed by atoms with Crippen molar-refractivity contribution in [1.29, 1.82) is 0 Å². The molecule has 0 bridgehead atoms. The second-order valence-corrected chi connectivity index (χ2v) is 7.48. The summed E-state index contributed by atoms with van der Waals surface area (Å²) in [5.41, 5.74) is 7.01. The van der Waals surface area contributed by atoms with Crippen molar-refractivity contribution in [2.45, 2.75) is 18.1 Å². The molecule has 0 aliphatic rings. The van der Waals surface area contributed by atoms with Crippen LogP contribution in [0.1, 0.15) is 11.3 Å². The molecule has 3 N–H and O–H groups in total. The maximum Gasteiger partial charge on any atom is 0.252 e. The fraction of sp³-hybridized carbons (Fsp3) is 0.308. The number of nitrogens with two attached hydrogens (primary N) is 1. The Kier molecular flexibility index (Phi) is 4.81. The minimum absolute atomic E-state index is 0.149. The molecule has 2 aromatic rings. The molecule has 114 valence electrons. The lowest BCUT2D eigenvalue weighted by Crippen LogP contribution is -2.28. The standard InChI is InChI=1S/C13H17N3O3S2/c1-9-4-3-5-11(8-9)19-7-6-15-21(17,18)12-10(2)16-13(14)20-12/h3-5,8,15H,6-7H2,1-2H3,(H2,14,16). The summed E-state index contributed by atoms with van der Waals surface area (Å²) in [6, 6.07) is 7.57. The van der Waals surface area contributed by atoms with Gasteiger partial charge in [-0.05, 0) is 31.5 Å². The summed E-state index contributed by atoms with van der Waals surface area (Å²) >= 11 is 0.953. The molecule has 0 saturated heterocycles. The van der Waals surface area contributed by atoms with E-state index in [1.54, 1.807) is 6.92 Å². The molecule has 0 unspecified atom stereocenters. The third-order valence-electron chi connectivity index (χ3n) is 2.67. The van der Waals surface area contributed by atoms with Crippen molar-refractivity contribution in [2.24, 2.45) is 0 Å². The zero-order chi connectivity index (χ0) is 15.5. The molecule has 0 amide bonds. The highest BCUT2D eigenvalue weighted by molar-refractivity contribution is 7.91. The van der Waals surface area contributed by atoms with E-state index in [-0.39, 0.29) is 22.5 Å². The van der Waals surface area contributed by atoms with Crippen molar-refractivity contribution in [3.63, 3.8) is 0 Å². The van der Waals surface area contributed by atoms with Crippen molar-refractivity contribution < 1.29 is 13.2 Å². The molecule has 0 aliphatic heterocycles. The number of nitrogens with zero attached hydrogens (tertiary/aromatic N) is 1. The number of hydrogen-bond acceptors (Lipinski definition) is 6. The van der Waals surface area contributed by atoms with Gasteiger partial charge in [0.05, 0.1) is 5.69 Å². The molecule has 0 radical (unpaired) electrons. The largest absolute Gasteiger partial charge is 0.492 e. The van der Waals surface area contributed by atoms with Gasteiger partial charge in [0.25, 0.3) is 10.0 Å². The molecule has 0 aliphatic carbocycles. The highest BCUT2D eigenvalue weighted by atomic mass is 32.2. The third kappa shape index (κ3) is 4.16. The van der Waals surface area contributed by atoms with Crippen LogP contribution in [0.15, 0.2) is 28.5 Å². The molecule has 0 saturated carbocycles. The number of rotatable bonds is 6. The molecule has 1 aromatic heterocycles. The Bertz CT molecular complexity index is 726. The van der Waals surface area contributed by atoms with Crippen LogP contribution in [-0.4, -0.2) is 26.6 Å². The fourth-order valence-electron chi connectivity index (χ4n) is 1.77. The van der Waals surface area contributed by atoms with E-state index < -0.39 is 10.0 Å². The zero-order valence-corrected chi connectivity index (χ0v) is 13.4. The lowest BCUT2D eigenvalue weighted by Gasteiger charge is -2.08. The minimum Gasteiger partial charge on any atom is -0.492 e. The molecule has 6 nitrogen and oxygen atoms in total. The molecule has 0 atom stereocenters. The summed E-state index contributed by atoms with van der Waals surface area (Å²) < 4.78 is 32.3. The van der Waals surface area contributed by atoms with Gasteiger partial charge < -0.3 is 10.5 Å². The number of anilines is 1. The lowest BCUT2D eigenvalue weighted by molar-refractivity contribution is 0.322. The SMILES string of the molecule is Cc1cccc(OCCNS(=O)(=O)c2sc(N)nc2C)c1. The number of thiazole rings is 1. The predicted molar refractivity (Wildman–Crippen MR) is 83.1 cm³/mol. The summed E-state index contributed by atoms with van der Waals surface area (Å²) in [7, 11) is -3.59. The van der Waals surface area contributed by atoms with Crippen molar-refractivity contribution in [3.8, 4) is 5.75 Å². The molecule has 0 spiro atoms. The summed E-state index contributed by atoms with van der Waals surface area (Å²) in [6.45, 7) is 4.00. The van der Waals surface area contributed by atoms with Crippen molar-refractivity contribution >= 4 is 26.5 Å². The summed E-state index contributed by atoms with van der Waals surface area (Å²) in [5, 5.41) is 0.240. The summed E-state index contributed by atoms with van der Waals surface area (Å²) in [5.74, 6) is 0.715. The number of sulfonamides is 1. The van der Waals surface area contributed by atoms with Gasteiger partial charge in [-0.1, -0.05) is 23.5 Å². The maximum atomic E-state index is 12.1. The normalized spacial score (nSPS) is 11.5. The molecule has 1 aromatic carbocycles. The molecular weight excluding hydrogens is 310 g/mol. The monoisotopic (exact) mass is 327 g/mol. The number of nitrogen functional groups attached to an aromatic ring is 1. The van der Waals surface area contributed by atoms with Gasteiger partial charge in [-0.2, -0.15) is 0 Å². The van der Waals surface area contributed by atoms with E-state index in [1.165, 1.54) is 0 Å². The number of aryl methyl sites for hydroxylation is 2. The van der Waals surface area contributed by atoms with Crippen molar-refractivity contribution in [2.75, 3.05) is 18.9 Å². The molecule has 21 heavy (non-hydrogen) atoms. The highest BCUT2D eigenvalue weighted by Crippen LogP contribution is 2.24. The van der Waals surface area contributed by atoms with E-state index in [0.717, 1.165) is 16.9 Å². The number of hydrogen-bond donors (Lipinski definition) is 2. The van der Waals surface area contributed by atoms with E-state index in [0.29, 0.717) is 11.4 Å². The van der Waals surface area contributed by atoms with Gasteiger partial charge in [-0.3, -0.25) is 0 Å². The Morgan fingerprint density at radius 1 is 1.38 bits per heavy atom. The maximum absolute atomic E-state index is 12.1. The highest BCUT2D eigenvalue weighted by Gasteiger charge is 2.20.